The van der Waals surface area contributed by atoms with Crippen molar-refractivity contribution in [2.75, 3.05) is 25.1 Å². The minimum atomic E-state index is -0.611. The number of carbonyl (C=O) groups is 1. The van der Waals surface area contributed by atoms with Crippen molar-refractivity contribution >= 4 is 29.0 Å². The molecule has 104 valence electrons. The fourth-order valence-electron chi connectivity index (χ4n) is 1.29. The fourth-order valence-corrected chi connectivity index (χ4v) is 1.47. The van der Waals surface area contributed by atoms with Crippen molar-refractivity contribution in [2.24, 2.45) is 0 Å². The van der Waals surface area contributed by atoms with Crippen LogP contribution < -0.4 is 10.6 Å². The van der Waals surface area contributed by atoms with Crippen LogP contribution >= 0.6 is 11.6 Å². The smallest absolute Gasteiger partial charge is 0.319 e. The summed E-state index contributed by atoms with van der Waals surface area (Å²) in [6, 6.07) is 3.58. The van der Waals surface area contributed by atoms with Crippen molar-refractivity contribution in [1.82, 2.24) is 5.32 Å². The van der Waals surface area contributed by atoms with Crippen LogP contribution in [-0.2, 0) is 4.74 Å². The summed E-state index contributed by atoms with van der Waals surface area (Å²) in [6.45, 7) is 3.19. The average Bonchev–Trinajstić information content (AvgIpc) is 2.36. The second-order valence-corrected chi connectivity index (χ2v) is 3.91. The lowest BCUT2D eigenvalue weighted by Crippen LogP contribution is -2.31. The molecule has 0 radical (unpaired) electrons. The first-order chi connectivity index (χ1) is 9.04. The Balaban J connectivity index is 2.55. The minimum Gasteiger partial charge on any atom is -0.380 e. The van der Waals surface area contributed by atoms with Gasteiger partial charge in [0.1, 0.15) is 5.02 Å². The third-order valence-electron chi connectivity index (χ3n) is 2.14. The summed E-state index contributed by atoms with van der Waals surface area (Å²) >= 11 is 5.66. The maximum atomic E-state index is 11.5. The van der Waals surface area contributed by atoms with Crippen LogP contribution in [0.1, 0.15) is 6.92 Å². The first kappa shape index (κ1) is 15.2. The number of urea groups is 1. The highest BCUT2D eigenvalue weighted by Crippen LogP contribution is 2.27. The topological polar surface area (TPSA) is 93.5 Å². The molecule has 0 spiro atoms. The van der Waals surface area contributed by atoms with Crippen molar-refractivity contribution < 1.29 is 14.5 Å². The van der Waals surface area contributed by atoms with Gasteiger partial charge in [-0.2, -0.15) is 0 Å². The van der Waals surface area contributed by atoms with Gasteiger partial charge in [-0.15, -0.1) is 0 Å². The Hall–Kier alpha value is -1.86. The van der Waals surface area contributed by atoms with E-state index in [1.54, 1.807) is 0 Å². The van der Waals surface area contributed by atoms with E-state index in [0.717, 1.165) is 0 Å². The Morgan fingerprint density at radius 3 is 2.89 bits per heavy atom. The van der Waals surface area contributed by atoms with Crippen LogP contribution in [0.25, 0.3) is 0 Å². The lowest BCUT2D eigenvalue weighted by Gasteiger charge is -2.07. The highest BCUT2D eigenvalue weighted by molar-refractivity contribution is 6.32. The van der Waals surface area contributed by atoms with Gasteiger partial charge in [0.15, 0.2) is 0 Å². The van der Waals surface area contributed by atoms with Gasteiger partial charge in [-0.25, -0.2) is 4.79 Å². The molecular weight excluding hydrogens is 274 g/mol. The first-order valence-electron chi connectivity index (χ1n) is 5.61. The van der Waals surface area contributed by atoms with Crippen LogP contribution in [0.4, 0.5) is 16.2 Å². The standard InChI is InChI=1S/C11H14ClN3O4/c1-2-19-6-5-13-11(16)14-8-3-4-9(12)10(7-8)15(17)18/h3-4,7H,2,5-6H2,1H3,(H2,13,14,16). The van der Waals surface area contributed by atoms with Gasteiger partial charge in [-0.3, -0.25) is 10.1 Å². The number of carbonyl (C=O) groups excluding carboxylic acids is 1. The zero-order chi connectivity index (χ0) is 14.3. The second-order valence-electron chi connectivity index (χ2n) is 3.50. The summed E-state index contributed by atoms with van der Waals surface area (Å²) in [5.74, 6) is 0. The third kappa shape index (κ3) is 5.11. The van der Waals surface area contributed by atoms with Crippen molar-refractivity contribution in [2.45, 2.75) is 6.92 Å². The predicted molar refractivity (Wildman–Crippen MR) is 71.6 cm³/mol. The lowest BCUT2D eigenvalue weighted by atomic mass is 10.3. The summed E-state index contributed by atoms with van der Waals surface area (Å²) in [6.07, 6.45) is 0. The number of rotatable bonds is 6. The molecule has 0 aliphatic carbocycles. The molecule has 1 aromatic rings. The Morgan fingerprint density at radius 1 is 1.53 bits per heavy atom. The molecular formula is C11H14ClN3O4. The van der Waals surface area contributed by atoms with Gasteiger partial charge in [0.25, 0.3) is 5.69 Å². The Labute approximate surface area is 115 Å². The number of amides is 2. The Kier molecular flexibility index (Phi) is 6.04. The molecule has 0 aliphatic rings. The highest BCUT2D eigenvalue weighted by atomic mass is 35.5. The molecule has 0 atom stereocenters. The number of nitro groups is 1. The van der Waals surface area contributed by atoms with Gasteiger partial charge in [-0.05, 0) is 19.1 Å². The third-order valence-corrected chi connectivity index (χ3v) is 2.46. The fraction of sp³-hybridized carbons (Fsp3) is 0.364. The van der Waals surface area contributed by atoms with E-state index >= 15 is 0 Å². The van der Waals surface area contributed by atoms with E-state index in [2.05, 4.69) is 10.6 Å². The molecule has 7 nitrogen and oxygen atoms in total. The number of nitrogens with zero attached hydrogens (tertiary/aromatic N) is 1. The quantitative estimate of drug-likeness (QED) is 0.477. The van der Waals surface area contributed by atoms with E-state index in [9.17, 15) is 14.9 Å². The molecule has 2 amide bonds. The SMILES string of the molecule is CCOCCNC(=O)Nc1ccc(Cl)c([N+](=O)[O-])c1. The van der Waals surface area contributed by atoms with Crippen LogP contribution in [0.2, 0.25) is 5.02 Å². The molecule has 0 aromatic heterocycles. The highest BCUT2D eigenvalue weighted by Gasteiger charge is 2.13. The number of halogens is 1. The molecule has 0 saturated heterocycles. The van der Waals surface area contributed by atoms with Gasteiger partial charge in [0.2, 0.25) is 0 Å². The molecule has 0 bridgehead atoms. The van der Waals surface area contributed by atoms with Gasteiger partial charge < -0.3 is 15.4 Å². The van der Waals surface area contributed by atoms with Crippen LogP contribution in [0.15, 0.2) is 18.2 Å². The second kappa shape index (κ2) is 7.55. The molecule has 0 saturated carbocycles. The number of nitro benzene ring substituents is 1. The van der Waals surface area contributed by atoms with E-state index in [0.29, 0.717) is 25.4 Å². The number of hydrogen-bond donors (Lipinski definition) is 2. The minimum absolute atomic E-state index is 0.0207. The molecule has 1 aromatic carbocycles. The molecule has 1 rings (SSSR count). The van der Waals surface area contributed by atoms with E-state index in [4.69, 9.17) is 16.3 Å². The molecule has 0 unspecified atom stereocenters. The molecule has 8 heteroatoms. The number of ether oxygens (including phenoxy) is 1. The van der Waals surface area contributed by atoms with E-state index < -0.39 is 11.0 Å². The van der Waals surface area contributed by atoms with E-state index in [1.165, 1.54) is 18.2 Å². The summed E-state index contributed by atoms with van der Waals surface area (Å²) in [4.78, 5) is 21.5. The molecule has 0 heterocycles. The molecule has 2 N–H and O–H groups in total. The van der Waals surface area contributed by atoms with Crippen LogP contribution in [-0.4, -0.2) is 30.7 Å². The molecule has 19 heavy (non-hydrogen) atoms. The number of anilines is 1. The van der Waals surface area contributed by atoms with Crippen LogP contribution in [0.5, 0.6) is 0 Å². The predicted octanol–water partition coefficient (Wildman–Crippen LogP) is 2.41. The van der Waals surface area contributed by atoms with Gasteiger partial charge >= 0.3 is 6.03 Å². The first-order valence-corrected chi connectivity index (χ1v) is 5.99. The summed E-state index contributed by atoms with van der Waals surface area (Å²) < 4.78 is 5.05. The maximum Gasteiger partial charge on any atom is 0.319 e. The zero-order valence-corrected chi connectivity index (χ0v) is 11.1. The summed E-state index contributed by atoms with van der Waals surface area (Å²) in [5, 5.41) is 15.7. The lowest BCUT2D eigenvalue weighted by molar-refractivity contribution is -0.384. The number of hydrogen-bond acceptors (Lipinski definition) is 4. The van der Waals surface area contributed by atoms with Gasteiger partial charge in [0, 0.05) is 24.9 Å². The molecule has 0 aliphatic heterocycles. The largest absolute Gasteiger partial charge is 0.380 e. The van der Waals surface area contributed by atoms with E-state index in [1.807, 2.05) is 6.92 Å². The van der Waals surface area contributed by atoms with Crippen molar-refractivity contribution in [3.63, 3.8) is 0 Å². The number of benzene rings is 1. The Bertz CT molecular complexity index is 467. The normalized spacial score (nSPS) is 10.0. The van der Waals surface area contributed by atoms with Gasteiger partial charge in [-0.1, -0.05) is 11.6 Å². The zero-order valence-electron chi connectivity index (χ0n) is 10.3. The van der Waals surface area contributed by atoms with Crippen molar-refractivity contribution in [3.05, 3.63) is 33.3 Å². The van der Waals surface area contributed by atoms with Crippen molar-refractivity contribution in [1.29, 1.82) is 0 Å². The van der Waals surface area contributed by atoms with Crippen LogP contribution in [0.3, 0.4) is 0 Å². The number of nitrogens with one attached hydrogen (secondary N) is 2. The van der Waals surface area contributed by atoms with Crippen molar-refractivity contribution in [3.8, 4) is 0 Å². The van der Waals surface area contributed by atoms with Crippen LogP contribution in [0, 0.1) is 10.1 Å². The average molecular weight is 288 g/mol. The Morgan fingerprint density at radius 2 is 2.26 bits per heavy atom. The summed E-state index contributed by atoms with van der Waals surface area (Å²) in [5.41, 5.74) is 0.0405. The molecule has 0 fully saturated rings. The van der Waals surface area contributed by atoms with E-state index in [-0.39, 0.29) is 10.7 Å². The summed E-state index contributed by atoms with van der Waals surface area (Å²) in [7, 11) is 0. The monoisotopic (exact) mass is 287 g/mol. The maximum absolute atomic E-state index is 11.5. The van der Waals surface area contributed by atoms with Gasteiger partial charge in [0.05, 0.1) is 11.5 Å².